The highest BCUT2D eigenvalue weighted by Gasteiger charge is 2.23. The summed E-state index contributed by atoms with van der Waals surface area (Å²) in [6.45, 7) is 4.94. The molecule has 0 aliphatic carbocycles. The van der Waals surface area contributed by atoms with Gasteiger partial charge in [0.2, 0.25) is 5.88 Å². The van der Waals surface area contributed by atoms with E-state index in [4.69, 9.17) is 9.47 Å². The van der Waals surface area contributed by atoms with E-state index in [9.17, 15) is 4.79 Å². The average molecular weight is 575 g/mol. The number of unbranched alkanes of at least 4 members (excludes halogenated alkanes) is 16. The molecule has 2 heterocycles. The van der Waals surface area contributed by atoms with Crippen LogP contribution in [0.1, 0.15) is 140 Å². The van der Waals surface area contributed by atoms with Gasteiger partial charge in [0.05, 0.1) is 13.2 Å². The molecule has 0 aliphatic heterocycles. The lowest BCUT2D eigenvalue weighted by atomic mass is 10.1. The summed E-state index contributed by atoms with van der Waals surface area (Å²) in [7, 11) is 1.80. The molecule has 0 aromatic carbocycles. The maximum absolute atomic E-state index is 12.4. The number of rotatable bonds is 24. The number of ether oxygens (including phenoxy) is 2. The Morgan fingerprint density at radius 2 is 1.32 bits per heavy atom. The summed E-state index contributed by atoms with van der Waals surface area (Å²) in [4.78, 5) is 21.3. The number of thioether (sulfide) groups is 1. The van der Waals surface area contributed by atoms with Crippen LogP contribution in [0, 0.1) is 0 Å². The van der Waals surface area contributed by atoms with Crippen molar-refractivity contribution in [3.8, 4) is 5.88 Å². The quantitative estimate of drug-likeness (QED) is 0.0406. The number of esters is 1. The zero-order chi connectivity index (χ0) is 28.8. The fourth-order valence-electron chi connectivity index (χ4n) is 4.85. The van der Waals surface area contributed by atoms with Gasteiger partial charge in [0.1, 0.15) is 5.52 Å². The number of aromatic nitrogens is 4. The van der Waals surface area contributed by atoms with Gasteiger partial charge in [-0.15, -0.1) is 0 Å². The number of hydrogen-bond donors (Lipinski definition) is 0. The lowest BCUT2D eigenvalue weighted by Gasteiger charge is -2.07. The highest BCUT2D eigenvalue weighted by Crippen LogP contribution is 2.28. The van der Waals surface area contributed by atoms with Crippen molar-refractivity contribution >= 4 is 28.8 Å². The van der Waals surface area contributed by atoms with Gasteiger partial charge in [-0.3, -0.25) is 0 Å². The van der Waals surface area contributed by atoms with Gasteiger partial charge in [-0.1, -0.05) is 114 Å². The molecule has 0 bridgehead atoms. The first kappa shape index (κ1) is 34.1. The van der Waals surface area contributed by atoms with E-state index in [1.165, 1.54) is 114 Å². The molecule has 0 aliphatic rings. The van der Waals surface area contributed by atoms with Crippen LogP contribution in [0.4, 0.5) is 0 Å². The molecule has 0 atom stereocenters. The van der Waals surface area contributed by atoms with Crippen molar-refractivity contribution in [3.05, 3.63) is 17.8 Å². The minimum absolute atomic E-state index is 0.192. The van der Waals surface area contributed by atoms with E-state index in [-0.39, 0.29) is 12.3 Å². The second-order valence-electron chi connectivity index (χ2n) is 10.6. The Balaban J connectivity index is 1.51. The summed E-state index contributed by atoms with van der Waals surface area (Å²) in [6, 6.07) is 0. The van der Waals surface area contributed by atoms with E-state index in [1.807, 2.05) is 6.26 Å². The summed E-state index contributed by atoms with van der Waals surface area (Å²) in [5.41, 5.74) is 1.18. The summed E-state index contributed by atoms with van der Waals surface area (Å²) in [5, 5.41) is 4.95. The highest BCUT2D eigenvalue weighted by atomic mass is 32.2. The molecular weight excluding hydrogens is 520 g/mol. The Morgan fingerprint density at radius 3 is 1.88 bits per heavy atom. The van der Waals surface area contributed by atoms with Crippen LogP contribution in [0.25, 0.3) is 11.0 Å². The molecule has 0 saturated carbocycles. The Labute approximate surface area is 247 Å². The number of aryl methyl sites for hydroxylation is 1. The van der Waals surface area contributed by atoms with Crippen molar-refractivity contribution in [1.29, 1.82) is 0 Å². The first-order valence-electron chi connectivity index (χ1n) is 15.9. The van der Waals surface area contributed by atoms with Crippen molar-refractivity contribution in [1.82, 2.24) is 19.7 Å². The zero-order valence-corrected chi connectivity index (χ0v) is 26.5. The van der Waals surface area contributed by atoms with Gasteiger partial charge in [0.15, 0.2) is 16.4 Å². The molecule has 0 radical (unpaired) electrons. The van der Waals surface area contributed by atoms with E-state index in [2.05, 4.69) is 34.1 Å². The lowest BCUT2D eigenvalue weighted by molar-refractivity contribution is 0.0520. The Bertz CT molecular complexity index is 992. The molecule has 0 fully saturated rings. The standard InChI is InChI=1S/C32H54N4O3S/c1-5-7-8-9-10-11-12-13-14-15-16-17-18-19-20-21-22-23-24-25-26-39-30-28-27(35-36(30)3)29(31(37)38-6-2)34-32(33-28)40-4/h13-14H,5-12,15-26H2,1-4H3/b14-13-. The van der Waals surface area contributed by atoms with E-state index < -0.39 is 5.97 Å². The number of allylic oxidation sites excluding steroid dienone is 2. The van der Waals surface area contributed by atoms with Crippen molar-refractivity contribution in [3.63, 3.8) is 0 Å². The van der Waals surface area contributed by atoms with Crippen LogP contribution in [-0.2, 0) is 11.8 Å². The summed E-state index contributed by atoms with van der Waals surface area (Å²) < 4.78 is 12.9. The third-order valence-corrected chi connectivity index (χ3v) is 7.70. The minimum atomic E-state index is -0.485. The molecule has 0 amide bonds. The molecule has 226 valence electrons. The normalized spacial score (nSPS) is 11.6. The van der Waals surface area contributed by atoms with E-state index in [0.717, 1.165) is 12.8 Å². The van der Waals surface area contributed by atoms with Crippen LogP contribution in [0.3, 0.4) is 0 Å². The van der Waals surface area contributed by atoms with Gasteiger partial charge >= 0.3 is 5.97 Å². The predicted molar refractivity (Wildman–Crippen MR) is 167 cm³/mol. The molecule has 0 unspecified atom stereocenters. The molecular formula is C32H54N4O3S. The van der Waals surface area contributed by atoms with Gasteiger partial charge in [-0.2, -0.15) is 5.10 Å². The molecule has 2 aromatic rings. The Kier molecular flexibility index (Phi) is 18.4. The highest BCUT2D eigenvalue weighted by molar-refractivity contribution is 7.98. The van der Waals surface area contributed by atoms with Gasteiger partial charge in [0.25, 0.3) is 0 Å². The average Bonchev–Trinajstić information content (AvgIpc) is 3.27. The topological polar surface area (TPSA) is 79.1 Å². The third kappa shape index (κ3) is 13.0. The Morgan fingerprint density at radius 1 is 0.775 bits per heavy atom. The first-order chi connectivity index (χ1) is 19.6. The molecule has 7 nitrogen and oxygen atoms in total. The lowest BCUT2D eigenvalue weighted by Crippen LogP contribution is -2.09. The smallest absolute Gasteiger partial charge is 0.359 e. The second-order valence-corrected chi connectivity index (χ2v) is 11.4. The molecule has 8 heteroatoms. The van der Waals surface area contributed by atoms with Gasteiger partial charge in [-0.05, 0) is 45.3 Å². The number of carbonyl (C=O) groups is 1. The minimum Gasteiger partial charge on any atom is -0.476 e. The number of hydrogen-bond acceptors (Lipinski definition) is 7. The number of fused-ring (bicyclic) bond motifs is 1. The van der Waals surface area contributed by atoms with E-state index >= 15 is 0 Å². The first-order valence-corrected chi connectivity index (χ1v) is 17.1. The SMILES string of the molecule is CCCCCCCC/C=C\CCCCCCCCCCCCOc1c2nc(SC)nc(C(=O)OCC)c2nn1C. The van der Waals surface area contributed by atoms with Crippen LogP contribution < -0.4 is 4.74 Å². The van der Waals surface area contributed by atoms with Crippen molar-refractivity contribution < 1.29 is 14.3 Å². The van der Waals surface area contributed by atoms with Crippen LogP contribution in [0.5, 0.6) is 5.88 Å². The van der Waals surface area contributed by atoms with Gasteiger partial charge < -0.3 is 9.47 Å². The number of nitrogens with zero attached hydrogens (tertiary/aromatic N) is 4. The summed E-state index contributed by atoms with van der Waals surface area (Å²) in [6.07, 6.45) is 30.3. The van der Waals surface area contributed by atoms with E-state index in [0.29, 0.717) is 28.7 Å². The molecule has 2 aromatic heterocycles. The van der Waals surface area contributed by atoms with Crippen LogP contribution in [0.2, 0.25) is 0 Å². The van der Waals surface area contributed by atoms with Crippen LogP contribution in [-0.4, -0.2) is 45.2 Å². The van der Waals surface area contributed by atoms with Crippen molar-refractivity contribution in [2.75, 3.05) is 19.5 Å². The summed E-state index contributed by atoms with van der Waals surface area (Å²) >= 11 is 1.38. The fraction of sp³-hybridized carbons (Fsp3) is 0.750. The van der Waals surface area contributed by atoms with Crippen LogP contribution in [0.15, 0.2) is 17.3 Å². The molecule has 0 spiro atoms. The number of carbonyl (C=O) groups excluding carboxylic acids is 1. The van der Waals surface area contributed by atoms with Crippen molar-refractivity contribution in [2.45, 2.75) is 135 Å². The van der Waals surface area contributed by atoms with E-state index in [1.54, 1.807) is 18.7 Å². The molecule has 0 N–H and O–H groups in total. The fourth-order valence-corrected chi connectivity index (χ4v) is 5.21. The zero-order valence-electron chi connectivity index (χ0n) is 25.7. The predicted octanol–water partition coefficient (Wildman–Crippen LogP) is 9.24. The Hall–Kier alpha value is -2.09. The second kappa shape index (κ2) is 21.6. The molecule has 2 rings (SSSR count). The third-order valence-electron chi connectivity index (χ3n) is 7.16. The molecule has 0 saturated heterocycles. The largest absolute Gasteiger partial charge is 0.476 e. The van der Waals surface area contributed by atoms with Crippen LogP contribution >= 0.6 is 11.8 Å². The maximum atomic E-state index is 12.4. The maximum Gasteiger partial charge on any atom is 0.359 e. The van der Waals surface area contributed by atoms with Crippen molar-refractivity contribution in [2.24, 2.45) is 7.05 Å². The van der Waals surface area contributed by atoms with Gasteiger partial charge in [0, 0.05) is 7.05 Å². The monoisotopic (exact) mass is 574 g/mol. The van der Waals surface area contributed by atoms with Gasteiger partial charge in [-0.25, -0.2) is 19.4 Å². The molecule has 40 heavy (non-hydrogen) atoms. The summed E-state index contributed by atoms with van der Waals surface area (Å²) in [5.74, 6) is 0.0904.